The molecule has 1 aliphatic carbocycles. The summed E-state index contributed by atoms with van der Waals surface area (Å²) in [6.07, 6.45) is 4.67. The highest BCUT2D eigenvalue weighted by molar-refractivity contribution is 6.35. The van der Waals surface area contributed by atoms with E-state index >= 15 is 0 Å². The summed E-state index contributed by atoms with van der Waals surface area (Å²) in [5.41, 5.74) is 0.307. The Morgan fingerprint density at radius 1 is 1.13 bits per heavy atom. The van der Waals surface area contributed by atoms with Gasteiger partial charge in [0.05, 0.1) is 12.2 Å². The summed E-state index contributed by atoms with van der Waals surface area (Å²) < 4.78 is 37.2. The second-order valence-corrected chi connectivity index (χ2v) is 9.61. The lowest BCUT2D eigenvalue weighted by Crippen LogP contribution is -2.29. The first-order valence-corrected chi connectivity index (χ1v) is 12.2. The van der Waals surface area contributed by atoms with Crippen LogP contribution in [0.5, 0.6) is 17.2 Å². The average Bonchev–Trinajstić information content (AvgIpc) is 3.67. The lowest BCUT2D eigenvalue weighted by molar-refractivity contribution is -0.904. The van der Waals surface area contributed by atoms with Crippen LogP contribution < -0.4 is 14.2 Å². The summed E-state index contributed by atoms with van der Waals surface area (Å²) in [5, 5.41) is 29.9. The van der Waals surface area contributed by atoms with Crippen LogP contribution in [0.3, 0.4) is 0 Å². The number of halogens is 4. The Kier molecular flexibility index (Phi) is 8.23. The van der Waals surface area contributed by atoms with Crippen LogP contribution in [0.1, 0.15) is 56.2 Å². The van der Waals surface area contributed by atoms with Gasteiger partial charge >= 0.3 is 12.6 Å². The van der Waals surface area contributed by atoms with Crippen molar-refractivity contribution in [2.75, 3.05) is 6.61 Å². The van der Waals surface area contributed by atoms with Crippen LogP contribution in [0.2, 0.25) is 10.0 Å². The molecule has 0 spiro atoms. The standard InChI is InChI=1S/C26H21Cl2F2NO7/c27-20-9-31(36)10-21(28)18(20)8-17(15-4-5-16(25(34)35)24(33)19(15)11-32)14-3-6-22(38-26(29)30)23(7-14)37-12-13-1-2-13/h3-7,9-11,13,17,26H,1-2,8,12H2,(H2-,32,33,34,35,36)/p+1/t17-/m0/s1. The van der Waals surface area contributed by atoms with Gasteiger partial charge in [-0.2, -0.15) is 8.78 Å². The fourth-order valence-corrected chi connectivity index (χ4v) is 4.72. The molecule has 2 aromatic carbocycles. The molecule has 3 N–H and O–H groups in total. The van der Waals surface area contributed by atoms with Crippen LogP contribution in [0.25, 0.3) is 0 Å². The monoisotopic (exact) mass is 568 g/mol. The number of hydrogen-bond acceptors (Lipinski definition) is 6. The van der Waals surface area contributed by atoms with Crippen LogP contribution >= 0.6 is 23.2 Å². The Morgan fingerprint density at radius 2 is 1.82 bits per heavy atom. The first-order valence-electron chi connectivity index (χ1n) is 11.4. The van der Waals surface area contributed by atoms with Crippen molar-refractivity contribution >= 4 is 35.5 Å². The predicted molar refractivity (Wildman–Crippen MR) is 131 cm³/mol. The Morgan fingerprint density at radius 3 is 2.39 bits per heavy atom. The van der Waals surface area contributed by atoms with Gasteiger partial charge in [-0.1, -0.05) is 35.3 Å². The zero-order valence-corrected chi connectivity index (χ0v) is 21.1. The quantitative estimate of drug-likeness (QED) is 0.159. The van der Waals surface area contributed by atoms with Gasteiger partial charge < -0.3 is 19.7 Å². The molecular formula is C26H22Cl2F2NO7+. The van der Waals surface area contributed by atoms with Gasteiger partial charge in [0.15, 0.2) is 17.8 Å². The number of aromatic nitrogens is 1. The summed E-state index contributed by atoms with van der Waals surface area (Å²) in [7, 11) is 0. The summed E-state index contributed by atoms with van der Waals surface area (Å²) in [4.78, 5) is 23.6. The van der Waals surface area contributed by atoms with Crippen LogP contribution in [0, 0.1) is 5.92 Å². The molecule has 1 aliphatic rings. The number of rotatable bonds is 11. The maximum absolute atomic E-state index is 13.0. The Balaban J connectivity index is 1.87. The van der Waals surface area contributed by atoms with Crippen molar-refractivity contribution in [3.8, 4) is 17.2 Å². The van der Waals surface area contributed by atoms with Gasteiger partial charge in [-0.15, -0.1) is 0 Å². The lowest BCUT2D eigenvalue weighted by atomic mass is 9.83. The number of alkyl halides is 2. The number of aromatic carboxylic acids is 1. The summed E-state index contributed by atoms with van der Waals surface area (Å²) >= 11 is 12.7. The molecule has 38 heavy (non-hydrogen) atoms. The zero-order chi connectivity index (χ0) is 27.6. The van der Waals surface area contributed by atoms with Gasteiger partial charge in [-0.05, 0) is 54.5 Å². The smallest absolute Gasteiger partial charge is 0.387 e. The maximum atomic E-state index is 13.0. The number of carbonyl (C=O) groups is 2. The van der Waals surface area contributed by atoms with E-state index in [0.29, 0.717) is 34.7 Å². The number of hydrogen-bond donors (Lipinski definition) is 3. The van der Waals surface area contributed by atoms with E-state index in [1.807, 2.05) is 0 Å². The van der Waals surface area contributed by atoms with Crippen molar-refractivity contribution in [1.29, 1.82) is 0 Å². The van der Waals surface area contributed by atoms with Crippen molar-refractivity contribution in [3.63, 3.8) is 0 Å². The number of carboxylic acids is 1. The normalized spacial score (nSPS) is 13.8. The van der Waals surface area contributed by atoms with Crippen LogP contribution in [0.15, 0.2) is 42.7 Å². The highest BCUT2D eigenvalue weighted by atomic mass is 35.5. The number of pyridine rings is 1. The molecule has 3 aromatic rings. The van der Waals surface area contributed by atoms with Crippen LogP contribution in [-0.4, -0.2) is 40.9 Å². The second kappa shape index (κ2) is 11.4. The largest absolute Gasteiger partial charge is 0.506 e. The molecule has 1 aromatic heterocycles. The average molecular weight is 569 g/mol. The van der Waals surface area contributed by atoms with Crippen LogP contribution in [0.4, 0.5) is 8.78 Å². The van der Waals surface area contributed by atoms with Crippen molar-refractivity contribution in [2.45, 2.75) is 31.8 Å². The SMILES string of the molecule is O=Cc1c([C@@H](Cc2c(Cl)c[n+](O)cc2Cl)c2ccc(OC(F)F)c(OCC3CC3)c2)ccc(C(=O)O)c1O. The molecule has 1 heterocycles. The van der Waals surface area contributed by atoms with Crippen LogP contribution in [-0.2, 0) is 6.42 Å². The fraction of sp³-hybridized carbons (Fsp3) is 0.269. The van der Waals surface area contributed by atoms with Gasteiger partial charge in [0.2, 0.25) is 12.4 Å². The summed E-state index contributed by atoms with van der Waals surface area (Å²) in [6, 6.07) is 6.81. The molecule has 0 saturated heterocycles. The molecule has 12 heteroatoms. The van der Waals surface area contributed by atoms with Gasteiger partial charge in [-0.3, -0.25) is 10.0 Å². The van der Waals surface area contributed by atoms with Crippen molar-refractivity contribution in [2.24, 2.45) is 5.92 Å². The number of benzene rings is 2. The molecule has 0 unspecified atom stereocenters. The zero-order valence-electron chi connectivity index (χ0n) is 19.6. The molecule has 1 saturated carbocycles. The molecule has 4 rings (SSSR count). The first kappa shape index (κ1) is 27.4. The van der Waals surface area contributed by atoms with E-state index in [9.17, 15) is 33.8 Å². The van der Waals surface area contributed by atoms with E-state index in [1.165, 1.54) is 36.7 Å². The van der Waals surface area contributed by atoms with Gasteiger partial charge in [-0.25, -0.2) is 4.79 Å². The number of aromatic hydroxyl groups is 1. The third-order valence-electron chi connectivity index (χ3n) is 6.21. The van der Waals surface area contributed by atoms with Gasteiger partial charge in [0, 0.05) is 16.2 Å². The topological polar surface area (TPSA) is 117 Å². The number of nitrogens with zero attached hydrogens (tertiary/aromatic N) is 1. The minimum atomic E-state index is -3.09. The third kappa shape index (κ3) is 6.08. The third-order valence-corrected chi connectivity index (χ3v) is 6.86. The molecule has 1 atom stereocenters. The highest BCUT2D eigenvalue weighted by Gasteiger charge is 2.28. The van der Waals surface area contributed by atoms with Gasteiger partial charge in [0.25, 0.3) is 0 Å². The second-order valence-electron chi connectivity index (χ2n) is 8.80. The molecule has 200 valence electrons. The van der Waals surface area contributed by atoms with E-state index < -0.39 is 29.8 Å². The minimum Gasteiger partial charge on any atom is -0.506 e. The Labute approximate surface area is 225 Å². The predicted octanol–water partition coefficient (Wildman–Crippen LogP) is 5.50. The number of aldehydes is 1. The lowest BCUT2D eigenvalue weighted by Gasteiger charge is -2.23. The molecule has 0 bridgehead atoms. The number of carboxylic acid groups (broad SMARTS) is 1. The summed E-state index contributed by atoms with van der Waals surface area (Å²) in [5.74, 6) is -2.77. The van der Waals surface area contributed by atoms with E-state index in [0.717, 1.165) is 18.9 Å². The molecule has 8 nitrogen and oxygen atoms in total. The first-order chi connectivity index (χ1) is 18.1. The molecule has 0 aliphatic heterocycles. The van der Waals surface area contributed by atoms with Gasteiger partial charge in [0.1, 0.15) is 21.4 Å². The highest BCUT2D eigenvalue weighted by Crippen LogP contribution is 2.41. The Bertz CT molecular complexity index is 1360. The number of carbonyl (C=O) groups excluding carboxylic acids is 1. The van der Waals surface area contributed by atoms with Crippen molar-refractivity contribution < 1.29 is 48.0 Å². The minimum absolute atomic E-state index is 0.0162. The van der Waals surface area contributed by atoms with E-state index in [1.54, 1.807) is 0 Å². The fourth-order valence-electron chi connectivity index (χ4n) is 4.11. The van der Waals surface area contributed by atoms with E-state index in [4.69, 9.17) is 27.9 Å². The van der Waals surface area contributed by atoms with E-state index in [-0.39, 0.29) is 39.1 Å². The molecule has 0 radical (unpaired) electrons. The van der Waals surface area contributed by atoms with E-state index in [2.05, 4.69) is 4.74 Å². The molecule has 1 fully saturated rings. The van der Waals surface area contributed by atoms with Crippen molar-refractivity contribution in [3.05, 3.63) is 80.6 Å². The molecule has 0 amide bonds. The summed E-state index contributed by atoms with van der Waals surface area (Å²) in [6.45, 7) is -2.79. The van der Waals surface area contributed by atoms with Crippen molar-refractivity contribution in [1.82, 2.24) is 0 Å². The Hall–Kier alpha value is -3.63. The number of ether oxygens (including phenoxy) is 2. The maximum Gasteiger partial charge on any atom is 0.387 e. The number of phenols is 1. The molecular weight excluding hydrogens is 547 g/mol.